The molecule has 6 radical (unpaired) electrons. The van der Waals surface area contributed by atoms with Crippen LogP contribution in [0, 0.1) is 23.7 Å². The molecular weight excluding hydrogens is 1760 g/mol. The number of rotatable bonds is 21. The fourth-order valence-corrected chi connectivity index (χ4v) is 18.9. The summed E-state index contributed by atoms with van der Waals surface area (Å²) in [6.07, 6.45) is 2.15. The van der Waals surface area contributed by atoms with Crippen LogP contribution in [0.15, 0.2) is 60.7 Å². The number of ether oxygens (including phenoxy) is 6. The standard InChI is InChI=1S/C22H24FNO8S.C22H25NO6.2C9H11FO5S.C8H19N.C3H9ClSi.CH2Cl2.CH4.B4.F2O2S/c1-5-6-10-17(21(27)31-22(2,3)4)30-14-11-13-8-7-9-15-18(13)16(12-14)20(26)24(19(15)25)32-33(23,28)29;1-5-6-10-17(21(26)29-22(2,3)4)28-14-11-13-8-7-9-15-18(13)16(12-14)20(25)23(27)19(15)24;2*10-3-7(11)14-8-4-1-5-6(2-4)15-16(12,13)9(5)8;1-6-9(7(2)3)8(4)5;1-5(2,3)4;2-1-3;;1-4(2)3;1-5(2,3)4/h7-9,11-12,17H,5-6,10H2,1-4H3;7-9,11-12,17,27H,5-6,10H2,1-4H3;2*4-6,8-9H,1-3H2;7-8H,6H2,1-5H3;1-3H3;1H2;1H4;;. The van der Waals surface area contributed by atoms with Gasteiger partial charge in [0.15, 0.2) is 25.6 Å². The normalized spacial score (nSPS) is 22.3. The monoisotopic (exact) mass is 1860 g/mol. The van der Waals surface area contributed by atoms with E-state index in [0.29, 0.717) is 78.9 Å². The van der Waals surface area contributed by atoms with Crippen molar-refractivity contribution in [3.05, 3.63) is 82.9 Å². The van der Waals surface area contributed by atoms with Gasteiger partial charge in [0, 0.05) is 76.1 Å². The number of alkyl halides is 4. The van der Waals surface area contributed by atoms with Crippen LogP contribution in [0.4, 0.5) is 20.4 Å². The summed E-state index contributed by atoms with van der Waals surface area (Å²) in [5.74, 6) is -6.65. The maximum absolute atomic E-state index is 13.1. The Labute approximate surface area is 725 Å². The molecule has 0 spiro atoms. The highest BCUT2D eigenvalue weighted by Crippen LogP contribution is 2.57. The van der Waals surface area contributed by atoms with Crippen molar-refractivity contribution in [2.45, 2.75) is 252 Å². The lowest BCUT2D eigenvalue weighted by atomic mass is 9.08. The molecule has 4 aliphatic heterocycles. The fraction of sp³-hybridized carbons (Fsp3) is 0.627. The average molecular weight is 1870 g/mol. The minimum atomic E-state index is -5.67. The number of fused-ring (bicyclic) bond motifs is 2. The third-order valence-electron chi connectivity index (χ3n) is 18.5. The maximum atomic E-state index is 13.1. The first kappa shape index (κ1) is 109. The number of hydroxylamine groups is 4. The summed E-state index contributed by atoms with van der Waals surface area (Å²) in [6, 6.07) is 16.8. The first-order valence-corrected chi connectivity index (χ1v) is 49.2. The molecular formula is C75H105B4Cl3F5N3O26S4Si. The van der Waals surface area contributed by atoms with E-state index in [1.165, 1.54) is 24.3 Å². The van der Waals surface area contributed by atoms with Crippen molar-refractivity contribution >= 4 is 182 Å². The Kier molecular flexibility index (Phi) is 41.7. The van der Waals surface area contributed by atoms with Gasteiger partial charge >= 0.3 is 45.0 Å². The smallest absolute Gasteiger partial charge is 0.476 e. The van der Waals surface area contributed by atoms with Gasteiger partial charge in [-0.2, -0.15) is 44.8 Å². The highest BCUT2D eigenvalue weighted by molar-refractivity contribution is 7.88. The van der Waals surface area contributed by atoms with Crippen molar-refractivity contribution in [2.75, 3.05) is 25.2 Å². The second-order valence-electron chi connectivity index (χ2n) is 31.9. The zero-order valence-electron chi connectivity index (χ0n) is 69.2. The summed E-state index contributed by atoms with van der Waals surface area (Å²) in [5, 5.41) is 10.2. The van der Waals surface area contributed by atoms with E-state index < -0.39 is 162 Å². The number of nitrogens with zero attached hydrogens (tertiary/aromatic N) is 3. The van der Waals surface area contributed by atoms with E-state index in [4.69, 9.17) is 79.5 Å². The van der Waals surface area contributed by atoms with Crippen LogP contribution in [0.3, 0.4) is 0 Å². The summed E-state index contributed by atoms with van der Waals surface area (Å²) < 4.78 is 189. The van der Waals surface area contributed by atoms with Crippen molar-refractivity contribution < 1.29 is 139 Å². The topological polar surface area (TPSA) is 386 Å². The van der Waals surface area contributed by atoms with Crippen LogP contribution in [0.2, 0.25) is 19.6 Å². The van der Waals surface area contributed by atoms with E-state index in [1.54, 1.807) is 77.9 Å². The third kappa shape index (κ3) is 32.6. The van der Waals surface area contributed by atoms with Gasteiger partial charge in [0.05, 0.1) is 39.8 Å². The predicted molar refractivity (Wildman–Crippen MR) is 450 cm³/mol. The molecule has 29 nitrogen and oxygen atoms in total. The molecule has 4 aliphatic carbocycles. The molecule has 4 amide bonds. The number of unbranched alkanes of at least 4 members (excludes halogenated alkanes) is 2. The molecule has 672 valence electrons. The zero-order chi connectivity index (χ0) is 91.6. The van der Waals surface area contributed by atoms with E-state index in [0.717, 1.165) is 25.8 Å². The fourth-order valence-electron chi connectivity index (χ4n) is 14.6. The molecule has 4 heterocycles. The molecule has 1 N–H and O–H groups in total. The van der Waals surface area contributed by atoms with Crippen LogP contribution in [-0.2, 0) is 92.1 Å². The first-order chi connectivity index (χ1) is 55.2. The first-order valence-electron chi connectivity index (χ1n) is 38.1. The lowest BCUT2D eigenvalue weighted by Gasteiger charge is -2.28. The minimum Gasteiger partial charge on any atom is -0.479 e. The largest absolute Gasteiger partial charge is 0.479 e. The van der Waals surface area contributed by atoms with Crippen molar-refractivity contribution in [1.82, 2.24) is 15.0 Å². The van der Waals surface area contributed by atoms with Gasteiger partial charge in [-0.15, -0.1) is 37.6 Å². The summed E-state index contributed by atoms with van der Waals surface area (Å²) in [5.41, 5.74) is -1.19. The van der Waals surface area contributed by atoms with Crippen LogP contribution in [0.5, 0.6) is 11.5 Å². The van der Waals surface area contributed by atoms with Gasteiger partial charge in [-0.05, 0) is 174 Å². The number of hydrogen-bond donors (Lipinski definition) is 1. The number of esters is 4. The molecule has 0 aromatic heterocycles. The van der Waals surface area contributed by atoms with Crippen molar-refractivity contribution in [1.29, 1.82) is 0 Å². The van der Waals surface area contributed by atoms with Crippen LogP contribution >= 0.6 is 34.3 Å². The van der Waals surface area contributed by atoms with Crippen molar-refractivity contribution in [3.8, 4) is 11.5 Å². The van der Waals surface area contributed by atoms with E-state index in [1.807, 2.05) is 13.8 Å². The number of carbonyl (C=O) groups excluding carboxylic acids is 8. The lowest BCUT2D eigenvalue weighted by molar-refractivity contribution is -0.164. The van der Waals surface area contributed by atoms with Gasteiger partial charge in [0.1, 0.15) is 52.8 Å². The van der Waals surface area contributed by atoms with E-state index in [-0.39, 0.29) is 92.2 Å². The van der Waals surface area contributed by atoms with Gasteiger partial charge in [-0.3, -0.25) is 37.7 Å². The lowest BCUT2D eigenvalue weighted by Crippen LogP contribution is -2.41. The minimum absolute atomic E-state index is 0. The quantitative estimate of drug-likeness (QED) is 0.00773. The Bertz CT molecular complexity index is 4640. The number of hydrogen-bond acceptors (Lipinski definition) is 27. The molecule has 8 aliphatic rings. The molecule has 4 aromatic rings. The number of carbonyl (C=O) groups is 8. The SMILES string of the molecule is C.CCCCC(Oc1cc2c3c(cccc3c1)C(=O)N(O)C2=O)C(=O)OC(C)(C)C.CCCCC(Oc1cc2c3c(cccc3c1)C(=O)N(OS(=O)(=O)F)C2=O)C(=O)OC(C)(C)C.CCN(C(C)C)C(C)C.C[Si](C)(C)Cl.ClCCl.O=C(CF)OC1C2CC3OS(=O)(=O)C1C3C2.O=C(CF)OC1C2CC3OS(=O)(=O)C1C3C2.O=S(=O)(F)F.[B]B([B])[B]. The second-order valence-corrected chi connectivity index (χ2v) is 45.4. The van der Waals surface area contributed by atoms with Crippen LogP contribution < -0.4 is 9.47 Å². The molecule has 4 aromatic carbocycles. The zero-order valence-corrected chi connectivity index (χ0v) is 75.8. The molecule has 4 saturated carbocycles. The molecule has 2 saturated heterocycles. The Morgan fingerprint density at radius 3 is 1.24 bits per heavy atom. The Hall–Kier alpha value is -6.24. The van der Waals surface area contributed by atoms with Crippen molar-refractivity contribution in [2.24, 2.45) is 23.7 Å². The molecule has 12 unspecified atom stereocenters. The second kappa shape index (κ2) is 46.3. The molecule has 12 atom stereocenters. The molecule has 6 fully saturated rings. The highest BCUT2D eigenvalue weighted by Gasteiger charge is 2.67. The van der Waals surface area contributed by atoms with Crippen LogP contribution in [-0.4, -0.2) is 234 Å². The third-order valence-corrected chi connectivity index (χ3v) is 22.4. The van der Waals surface area contributed by atoms with Gasteiger partial charge < -0.3 is 28.4 Å². The maximum Gasteiger partial charge on any atom is 0.476 e. The Morgan fingerprint density at radius 1 is 0.620 bits per heavy atom. The average Bonchev–Trinajstić information content (AvgIpc) is 1.58. The Morgan fingerprint density at radius 2 is 0.942 bits per heavy atom. The summed E-state index contributed by atoms with van der Waals surface area (Å²) >= 11 is 15.2. The van der Waals surface area contributed by atoms with Gasteiger partial charge in [0.2, 0.25) is 0 Å². The number of imide groups is 2. The number of benzene rings is 4. The molecule has 46 heteroatoms. The highest BCUT2D eigenvalue weighted by atomic mass is 35.6. The molecule has 12 rings (SSSR count). The van der Waals surface area contributed by atoms with Crippen molar-refractivity contribution in [3.63, 3.8) is 0 Å². The molecule has 121 heavy (non-hydrogen) atoms. The summed E-state index contributed by atoms with van der Waals surface area (Å²) in [4.78, 5) is 99.5. The summed E-state index contributed by atoms with van der Waals surface area (Å²) in [7, 11) is -5.71. The van der Waals surface area contributed by atoms with Gasteiger partial charge in [-0.1, -0.05) is 96.6 Å². The summed E-state index contributed by atoms with van der Waals surface area (Å²) in [6.45, 7) is 30.7. The predicted octanol–water partition coefficient (Wildman–Crippen LogP) is 12.9. The van der Waals surface area contributed by atoms with Gasteiger partial charge in [0.25, 0.3) is 43.9 Å². The van der Waals surface area contributed by atoms with E-state index >= 15 is 0 Å². The Balaban J connectivity index is 0.000000388. The van der Waals surface area contributed by atoms with E-state index in [2.05, 4.69) is 86.7 Å². The molecule has 4 bridgehead atoms. The van der Waals surface area contributed by atoms with Crippen LogP contribution in [0.1, 0.15) is 203 Å². The van der Waals surface area contributed by atoms with Crippen LogP contribution in [0.25, 0.3) is 21.5 Å². The number of amides is 4. The van der Waals surface area contributed by atoms with E-state index in [9.17, 15) is 89.3 Å². The van der Waals surface area contributed by atoms with Gasteiger partial charge in [-0.25, -0.2) is 28.0 Å². The number of halogens is 8.